The Morgan fingerprint density at radius 3 is 2.69 bits per heavy atom. The van der Waals surface area contributed by atoms with E-state index in [1.165, 1.54) is 5.56 Å². The number of hydrogen-bond acceptors (Lipinski definition) is 5. The van der Waals surface area contributed by atoms with Crippen LogP contribution in [0.5, 0.6) is 0 Å². The van der Waals surface area contributed by atoms with E-state index in [0.29, 0.717) is 11.8 Å². The maximum Gasteiger partial charge on any atom is 0.229 e. The zero-order chi connectivity index (χ0) is 17.8. The molecule has 0 saturated carbocycles. The molecule has 0 aliphatic carbocycles. The van der Waals surface area contributed by atoms with E-state index in [0.717, 1.165) is 28.7 Å². The van der Waals surface area contributed by atoms with Crippen LogP contribution in [0.25, 0.3) is 10.9 Å². The molecule has 0 amide bonds. The average molecular weight is 341 g/mol. The quantitative estimate of drug-likeness (QED) is 0.530. The standard InChI is InChI=1S/C21H19N5/c1-2-15-6-5-8-17(12-15)25-21-22-11-10-20(26-21)24-18-13-16-7-3-4-9-19(16)23-14-18/h3-14H,2H2,1H3,(H2,22,24,25,26). The molecule has 4 aromatic rings. The minimum Gasteiger partial charge on any atom is -0.339 e. The van der Waals surface area contributed by atoms with Crippen molar-refractivity contribution in [2.75, 3.05) is 10.6 Å². The van der Waals surface area contributed by atoms with Crippen LogP contribution in [0.15, 0.2) is 73.1 Å². The summed E-state index contributed by atoms with van der Waals surface area (Å²) >= 11 is 0. The minimum absolute atomic E-state index is 0.553. The van der Waals surface area contributed by atoms with Gasteiger partial charge in [-0.15, -0.1) is 0 Å². The molecule has 2 aromatic carbocycles. The Hall–Kier alpha value is -3.47. The van der Waals surface area contributed by atoms with Gasteiger partial charge in [0.1, 0.15) is 5.82 Å². The van der Waals surface area contributed by atoms with Gasteiger partial charge in [0.2, 0.25) is 5.95 Å². The van der Waals surface area contributed by atoms with Crippen LogP contribution in [0, 0.1) is 0 Å². The van der Waals surface area contributed by atoms with Gasteiger partial charge in [-0.25, -0.2) is 4.98 Å². The summed E-state index contributed by atoms with van der Waals surface area (Å²) in [7, 11) is 0. The fourth-order valence-corrected chi connectivity index (χ4v) is 2.77. The van der Waals surface area contributed by atoms with Gasteiger partial charge in [-0.3, -0.25) is 4.98 Å². The van der Waals surface area contributed by atoms with Crippen LogP contribution >= 0.6 is 0 Å². The average Bonchev–Trinajstić information content (AvgIpc) is 2.68. The monoisotopic (exact) mass is 341 g/mol. The van der Waals surface area contributed by atoms with E-state index in [4.69, 9.17) is 0 Å². The highest BCUT2D eigenvalue weighted by Crippen LogP contribution is 2.21. The summed E-state index contributed by atoms with van der Waals surface area (Å²) in [6.45, 7) is 2.14. The number of anilines is 4. The normalized spacial score (nSPS) is 10.7. The highest BCUT2D eigenvalue weighted by atomic mass is 15.1. The molecule has 4 rings (SSSR count). The number of hydrogen-bond donors (Lipinski definition) is 2. The lowest BCUT2D eigenvalue weighted by atomic mass is 10.1. The Bertz CT molecular complexity index is 1040. The third-order valence-corrected chi connectivity index (χ3v) is 4.11. The molecule has 0 saturated heterocycles. The maximum atomic E-state index is 4.54. The third-order valence-electron chi connectivity index (χ3n) is 4.11. The molecule has 0 bridgehead atoms. The van der Waals surface area contributed by atoms with Gasteiger partial charge >= 0.3 is 0 Å². The Morgan fingerprint density at radius 1 is 0.846 bits per heavy atom. The number of fused-ring (bicyclic) bond motifs is 1. The summed E-state index contributed by atoms with van der Waals surface area (Å²) in [4.78, 5) is 13.3. The van der Waals surface area contributed by atoms with Crippen molar-refractivity contribution in [3.8, 4) is 0 Å². The molecular weight excluding hydrogens is 322 g/mol. The molecule has 2 aromatic heterocycles. The Kier molecular flexibility index (Phi) is 4.43. The van der Waals surface area contributed by atoms with Crippen molar-refractivity contribution < 1.29 is 0 Å². The molecule has 5 heteroatoms. The van der Waals surface area contributed by atoms with Crippen molar-refractivity contribution in [1.82, 2.24) is 15.0 Å². The second kappa shape index (κ2) is 7.19. The van der Waals surface area contributed by atoms with E-state index in [-0.39, 0.29) is 0 Å². The van der Waals surface area contributed by atoms with E-state index in [2.05, 4.69) is 50.7 Å². The summed E-state index contributed by atoms with van der Waals surface area (Å²) in [5.74, 6) is 1.27. The van der Waals surface area contributed by atoms with Gasteiger partial charge in [0.05, 0.1) is 17.4 Å². The van der Waals surface area contributed by atoms with E-state index >= 15 is 0 Å². The molecule has 0 fully saturated rings. The summed E-state index contributed by atoms with van der Waals surface area (Å²) < 4.78 is 0. The molecule has 2 N–H and O–H groups in total. The first-order valence-electron chi connectivity index (χ1n) is 8.61. The van der Waals surface area contributed by atoms with Crippen molar-refractivity contribution in [2.24, 2.45) is 0 Å². The number of aryl methyl sites for hydroxylation is 1. The number of aromatic nitrogens is 3. The SMILES string of the molecule is CCc1cccc(Nc2nccc(Nc3cnc4ccccc4c3)n2)c1. The van der Waals surface area contributed by atoms with E-state index in [1.807, 2.05) is 48.7 Å². The smallest absolute Gasteiger partial charge is 0.229 e. The minimum atomic E-state index is 0.553. The lowest BCUT2D eigenvalue weighted by Gasteiger charge is -2.09. The van der Waals surface area contributed by atoms with Crippen LogP contribution in [-0.2, 0) is 6.42 Å². The molecular formula is C21H19N5. The van der Waals surface area contributed by atoms with Gasteiger partial charge < -0.3 is 10.6 Å². The second-order valence-corrected chi connectivity index (χ2v) is 5.99. The molecule has 5 nitrogen and oxygen atoms in total. The molecule has 2 heterocycles. The van der Waals surface area contributed by atoms with Crippen molar-refractivity contribution in [3.63, 3.8) is 0 Å². The first-order valence-corrected chi connectivity index (χ1v) is 8.61. The highest BCUT2D eigenvalue weighted by molar-refractivity contribution is 5.82. The van der Waals surface area contributed by atoms with Crippen LogP contribution in [0.4, 0.5) is 23.1 Å². The lowest BCUT2D eigenvalue weighted by Crippen LogP contribution is -2.01. The number of pyridine rings is 1. The first-order chi connectivity index (χ1) is 12.8. The van der Waals surface area contributed by atoms with Crippen LogP contribution in [0.3, 0.4) is 0 Å². The van der Waals surface area contributed by atoms with E-state index in [1.54, 1.807) is 6.20 Å². The molecule has 0 aliphatic heterocycles. The highest BCUT2D eigenvalue weighted by Gasteiger charge is 2.03. The number of nitrogens with one attached hydrogen (secondary N) is 2. The fourth-order valence-electron chi connectivity index (χ4n) is 2.77. The van der Waals surface area contributed by atoms with Gasteiger partial charge in [0.25, 0.3) is 0 Å². The summed E-state index contributed by atoms with van der Waals surface area (Å²) in [5.41, 5.74) is 4.11. The Labute approximate surface area is 152 Å². The van der Waals surface area contributed by atoms with Gasteiger partial charge in [-0.1, -0.05) is 37.3 Å². The number of benzene rings is 2. The summed E-state index contributed by atoms with van der Waals surface area (Å²) in [6, 6.07) is 20.2. The fraction of sp³-hybridized carbons (Fsp3) is 0.0952. The van der Waals surface area contributed by atoms with Crippen molar-refractivity contribution >= 4 is 34.0 Å². The van der Waals surface area contributed by atoms with Crippen LogP contribution in [0.1, 0.15) is 12.5 Å². The molecule has 0 atom stereocenters. The van der Waals surface area contributed by atoms with E-state index in [9.17, 15) is 0 Å². The second-order valence-electron chi connectivity index (χ2n) is 5.99. The van der Waals surface area contributed by atoms with Crippen LogP contribution in [0.2, 0.25) is 0 Å². The molecule has 26 heavy (non-hydrogen) atoms. The third kappa shape index (κ3) is 3.62. The first kappa shape index (κ1) is 16.0. The molecule has 0 aliphatic rings. The van der Waals surface area contributed by atoms with Gasteiger partial charge in [0.15, 0.2) is 0 Å². The summed E-state index contributed by atoms with van der Waals surface area (Å²) in [5, 5.41) is 7.63. The maximum absolute atomic E-state index is 4.54. The van der Waals surface area contributed by atoms with E-state index < -0.39 is 0 Å². The van der Waals surface area contributed by atoms with Crippen molar-refractivity contribution in [3.05, 3.63) is 78.6 Å². The predicted octanol–water partition coefficient (Wildman–Crippen LogP) is 5.07. The zero-order valence-corrected chi connectivity index (χ0v) is 14.5. The molecule has 128 valence electrons. The Balaban J connectivity index is 1.54. The van der Waals surface area contributed by atoms with Gasteiger partial charge in [0, 0.05) is 17.3 Å². The van der Waals surface area contributed by atoms with Crippen molar-refractivity contribution in [2.45, 2.75) is 13.3 Å². The lowest BCUT2D eigenvalue weighted by molar-refractivity contribution is 1.13. The molecule has 0 radical (unpaired) electrons. The molecule has 0 unspecified atom stereocenters. The van der Waals surface area contributed by atoms with Crippen LogP contribution < -0.4 is 10.6 Å². The van der Waals surface area contributed by atoms with Crippen molar-refractivity contribution in [1.29, 1.82) is 0 Å². The zero-order valence-electron chi connectivity index (χ0n) is 14.5. The van der Waals surface area contributed by atoms with Crippen LogP contribution in [-0.4, -0.2) is 15.0 Å². The molecule has 0 spiro atoms. The summed E-state index contributed by atoms with van der Waals surface area (Å²) in [6.07, 6.45) is 4.53. The van der Waals surface area contributed by atoms with Gasteiger partial charge in [-0.2, -0.15) is 4.98 Å². The number of nitrogens with zero attached hydrogens (tertiary/aromatic N) is 3. The number of rotatable bonds is 5. The predicted molar refractivity (Wildman–Crippen MR) is 106 cm³/mol. The topological polar surface area (TPSA) is 62.7 Å². The number of para-hydroxylation sites is 1. The Morgan fingerprint density at radius 2 is 1.77 bits per heavy atom. The van der Waals surface area contributed by atoms with Gasteiger partial charge in [-0.05, 0) is 42.3 Å². The largest absolute Gasteiger partial charge is 0.339 e.